The summed E-state index contributed by atoms with van der Waals surface area (Å²) in [5, 5.41) is 0. The van der Waals surface area contributed by atoms with Gasteiger partial charge in [-0.25, -0.2) is 0 Å². The molecular weight excluding hydrogens is 156 g/mol. The number of fused-ring (bicyclic) bond motifs is 5. The van der Waals surface area contributed by atoms with E-state index in [1.54, 1.807) is 25.7 Å². The molecule has 3 aliphatic rings. The average molecular weight is 178 g/mol. The first kappa shape index (κ1) is 8.32. The minimum atomic E-state index is 0.678. The van der Waals surface area contributed by atoms with Crippen molar-refractivity contribution in [3.63, 3.8) is 0 Å². The van der Waals surface area contributed by atoms with Gasteiger partial charge in [0.15, 0.2) is 0 Å². The van der Waals surface area contributed by atoms with Gasteiger partial charge in [0.05, 0.1) is 0 Å². The largest absolute Gasteiger partial charge is 0.0599 e. The highest BCUT2D eigenvalue weighted by atomic mass is 14.6. The SMILES string of the molecule is CC1(C)CC2CC(C1)C1CCCC21. The second-order valence-corrected chi connectivity index (χ2v) is 6.59. The molecule has 0 aromatic rings. The van der Waals surface area contributed by atoms with E-state index in [0.717, 1.165) is 23.7 Å². The zero-order valence-electron chi connectivity index (χ0n) is 9.05. The van der Waals surface area contributed by atoms with E-state index in [0.29, 0.717) is 5.41 Å². The van der Waals surface area contributed by atoms with E-state index >= 15 is 0 Å². The van der Waals surface area contributed by atoms with Crippen LogP contribution < -0.4 is 0 Å². The van der Waals surface area contributed by atoms with Crippen LogP contribution in [-0.4, -0.2) is 0 Å². The van der Waals surface area contributed by atoms with E-state index < -0.39 is 0 Å². The smallest absolute Gasteiger partial charge is 0.0349 e. The Morgan fingerprint density at radius 2 is 1.46 bits per heavy atom. The minimum Gasteiger partial charge on any atom is -0.0599 e. The molecule has 0 amide bonds. The van der Waals surface area contributed by atoms with Gasteiger partial charge in [0.2, 0.25) is 0 Å². The summed E-state index contributed by atoms with van der Waals surface area (Å²) in [6.45, 7) is 4.99. The summed E-state index contributed by atoms with van der Waals surface area (Å²) >= 11 is 0. The summed E-state index contributed by atoms with van der Waals surface area (Å²) in [6, 6.07) is 0. The first-order valence-corrected chi connectivity index (χ1v) is 6.16. The molecule has 0 heterocycles. The quantitative estimate of drug-likeness (QED) is 0.528. The fourth-order valence-corrected chi connectivity index (χ4v) is 4.90. The highest BCUT2D eigenvalue weighted by Crippen LogP contribution is 2.60. The molecule has 3 rings (SSSR count). The molecule has 4 atom stereocenters. The van der Waals surface area contributed by atoms with E-state index in [1.165, 1.54) is 12.8 Å². The molecule has 0 aliphatic heterocycles. The Bertz CT molecular complexity index is 196. The van der Waals surface area contributed by atoms with Crippen LogP contribution in [0.3, 0.4) is 0 Å². The molecule has 0 aromatic carbocycles. The third kappa shape index (κ3) is 1.17. The van der Waals surface area contributed by atoms with Gasteiger partial charge in [-0.2, -0.15) is 0 Å². The van der Waals surface area contributed by atoms with Crippen molar-refractivity contribution >= 4 is 0 Å². The van der Waals surface area contributed by atoms with Crippen LogP contribution in [0.1, 0.15) is 52.4 Å². The van der Waals surface area contributed by atoms with E-state index in [-0.39, 0.29) is 0 Å². The molecule has 0 spiro atoms. The first-order valence-electron chi connectivity index (χ1n) is 6.16. The molecule has 0 saturated heterocycles. The Balaban J connectivity index is 1.87. The van der Waals surface area contributed by atoms with Gasteiger partial charge in [-0.1, -0.05) is 20.3 Å². The van der Waals surface area contributed by atoms with E-state index in [9.17, 15) is 0 Å². The summed E-state index contributed by atoms with van der Waals surface area (Å²) in [5.41, 5.74) is 0.678. The van der Waals surface area contributed by atoms with E-state index in [4.69, 9.17) is 0 Å². The lowest BCUT2D eigenvalue weighted by atomic mass is 9.70. The maximum absolute atomic E-state index is 2.49. The van der Waals surface area contributed by atoms with E-state index in [1.807, 2.05) is 0 Å². The summed E-state index contributed by atoms with van der Waals surface area (Å²) in [5.74, 6) is 4.57. The van der Waals surface area contributed by atoms with Crippen molar-refractivity contribution in [3.05, 3.63) is 0 Å². The van der Waals surface area contributed by atoms with Crippen LogP contribution in [0.25, 0.3) is 0 Å². The summed E-state index contributed by atoms with van der Waals surface area (Å²) in [6.07, 6.45) is 9.35. The third-order valence-electron chi connectivity index (χ3n) is 5.07. The van der Waals surface area contributed by atoms with Gasteiger partial charge in [-0.3, -0.25) is 0 Å². The standard InChI is InChI=1S/C13H22/c1-13(2)7-9-6-10(8-13)12-5-3-4-11(9)12/h9-12H,3-8H2,1-2H3. The lowest BCUT2D eigenvalue weighted by Gasteiger charge is -2.35. The molecule has 4 unspecified atom stereocenters. The van der Waals surface area contributed by atoms with Gasteiger partial charge in [0, 0.05) is 0 Å². The van der Waals surface area contributed by atoms with Crippen LogP contribution in [0, 0.1) is 29.1 Å². The number of hydrogen-bond donors (Lipinski definition) is 0. The fourth-order valence-electron chi connectivity index (χ4n) is 4.90. The Morgan fingerprint density at radius 1 is 0.923 bits per heavy atom. The molecule has 3 saturated carbocycles. The van der Waals surface area contributed by atoms with Gasteiger partial charge in [0.1, 0.15) is 0 Å². The van der Waals surface area contributed by atoms with Crippen molar-refractivity contribution < 1.29 is 0 Å². The second kappa shape index (κ2) is 2.52. The number of rotatable bonds is 0. The predicted molar refractivity (Wildman–Crippen MR) is 55.4 cm³/mol. The van der Waals surface area contributed by atoms with Gasteiger partial charge in [-0.15, -0.1) is 0 Å². The van der Waals surface area contributed by atoms with Crippen molar-refractivity contribution in [3.8, 4) is 0 Å². The van der Waals surface area contributed by atoms with E-state index in [2.05, 4.69) is 13.8 Å². The molecule has 74 valence electrons. The maximum atomic E-state index is 2.49. The number of hydrogen-bond acceptors (Lipinski definition) is 0. The molecule has 0 radical (unpaired) electrons. The van der Waals surface area contributed by atoms with Gasteiger partial charge < -0.3 is 0 Å². The van der Waals surface area contributed by atoms with Crippen LogP contribution in [0.4, 0.5) is 0 Å². The molecule has 0 N–H and O–H groups in total. The maximum Gasteiger partial charge on any atom is -0.0349 e. The lowest BCUT2D eigenvalue weighted by Crippen LogP contribution is -2.25. The normalized spacial score (nSPS) is 52.2. The summed E-state index contributed by atoms with van der Waals surface area (Å²) in [4.78, 5) is 0. The van der Waals surface area contributed by atoms with Crippen LogP contribution in [0.15, 0.2) is 0 Å². The van der Waals surface area contributed by atoms with Crippen molar-refractivity contribution in [1.29, 1.82) is 0 Å². The lowest BCUT2D eigenvalue weighted by molar-refractivity contribution is 0.153. The van der Waals surface area contributed by atoms with Gasteiger partial charge >= 0.3 is 0 Å². The molecule has 13 heavy (non-hydrogen) atoms. The van der Waals surface area contributed by atoms with Crippen LogP contribution in [0.2, 0.25) is 0 Å². The summed E-state index contributed by atoms with van der Waals surface area (Å²) < 4.78 is 0. The van der Waals surface area contributed by atoms with Crippen LogP contribution in [0.5, 0.6) is 0 Å². The van der Waals surface area contributed by atoms with Crippen LogP contribution >= 0.6 is 0 Å². The molecule has 2 bridgehead atoms. The van der Waals surface area contributed by atoms with Crippen LogP contribution in [-0.2, 0) is 0 Å². The molecule has 0 aromatic heterocycles. The average Bonchev–Trinajstić information content (AvgIpc) is 2.54. The predicted octanol–water partition coefficient (Wildman–Crippen LogP) is 3.86. The molecular formula is C13H22. The molecule has 0 nitrogen and oxygen atoms in total. The fraction of sp³-hybridized carbons (Fsp3) is 1.00. The van der Waals surface area contributed by atoms with Crippen molar-refractivity contribution in [2.24, 2.45) is 29.1 Å². The Labute approximate surface area is 82.1 Å². The van der Waals surface area contributed by atoms with Crippen molar-refractivity contribution in [1.82, 2.24) is 0 Å². The topological polar surface area (TPSA) is 0 Å². The zero-order chi connectivity index (χ0) is 9.05. The zero-order valence-corrected chi connectivity index (χ0v) is 9.05. The monoisotopic (exact) mass is 178 g/mol. The molecule has 3 fully saturated rings. The highest BCUT2D eigenvalue weighted by molar-refractivity contribution is 5.01. The molecule has 3 aliphatic carbocycles. The Hall–Kier alpha value is 0. The summed E-state index contributed by atoms with van der Waals surface area (Å²) in [7, 11) is 0. The Kier molecular flexibility index (Phi) is 1.61. The van der Waals surface area contributed by atoms with Gasteiger partial charge in [0.25, 0.3) is 0 Å². The first-order chi connectivity index (χ1) is 6.16. The van der Waals surface area contributed by atoms with Crippen molar-refractivity contribution in [2.45, 2.75) is 52.4 Å². The third-order valence-corrected chi connectivity index (χ3v) is 5.07. The molecule has 0 heteroatoms. The van der Waals surface area contributed by atoms with Gasteiger partial charge in [-0.05, 0) is 61.2 Å². The van der Waals surface area contributed by atoms with Crippen molar-refractivity contribution in [2.75, 3.05) is 0 Å². The minimum absolute atomic E-state index is 0.678. The second-order valence-electron chi connectivity index (χ2n) is 6.59. The Morgan fingerprint density at radius 3 is 2.00 bits per heavy atom. The highest BCUT2D eigenvalue weighted by Gasteiger charge is 2.51.